The summed E-state index contributed by atoms with van der Waals surface area (Å²) >= 11 is 1.37. The maximum absolute atomic E-state index is 12.3. The van der Waals surface area contributed by atoms with E-state index >= 15 is 0 Å². The van der Waals surface area contributed by atoms with Crippen LogP contribution in [0.1, 0.15) is 47.5 Å². The Labute approximate surface area is 213 Å². The third-order valence-electron chi connectivity index (χ3n) is 6.83. The first-order valence-corrected chi connectivity index (χ1v) is 12.7. The smallest absolute Gasteiger partial charge is 0.259 e. The van der Waals surface area contributed by atoms with Crippen LogP contribution in [0.25, 0.3) is 11.0 Å². The molecule has 0 aliphatic carbocycles. The van der Waals surface area contributed by atoms with E-state index in [1.165, 1.54) is 30.5 Å². The Morgan fingerprint density at radius 2 is 2.00 bits per heavy atom. The summed E-state index contributed by atoms with van der Waals surface area (Å²) in [6.45, 7) is 8.58. The molecule has 4 aromatic heterocycles. The van der Waals surface area contributed by atoms with E-state index in [1.54, 1.807) is 23.3 Å². The van der Waals surface area contributed by atoms with E-state index in [1.807, 2.05) is 14.0 Å². The van der Waals surface area contributed by atoms with Gasteiger partial charge in [-0.2, -0.15) is 10.1 Å². The number of likely N-dealkylation sites (tertiary alicyclic amines) is 1. The van der Waals surface area contributed by atoms with E-state index in [9.17, 15) is 4.79 Å². The highest BCUT2D eigenvalue weighted by molar-refractivity contribution is 7.18. The number of thiophene rings is 1. The SMILES string of the molecule is Cc1c(Nc2nn(C)c3nc(Nc4cncnc4)ncc23)sc(C(N)=O)c1CCN1CCCC1(C)C. The van der Waals surface area contributed by atoms with Crippen LogP contribution < -0.4 is 16.4 Å². The minimum atomic E-state index is -0.401. The van der Waals surface area contributed by atoms with E-state index in [0.29, 0.717) is 28.0 Å². The van der Waals surface area contributed by atoms with Crippen molar-refractivity contribution in [3.63, 3.8) is 0 Å². The second-order valence-electron chi connectivity index (χ2n) is 9.66. The Hall–Kier alpha value is -3.64. The fourth-order valence-electron chi connectivity index (χ4n) is 4.78. The van der Waals surface area contributed by atoms with Crippen LogP contribution in [0, 0.1) is 6.92 Å². The summed E-state index contributed by atoms with van der Waals surface area (Å²) in [6.07, 6.45) is 9.65. The molecule has 0 bridgehead atoms. The summed E-state index contributed by atoms with van der Waals surface area (Å²) in [5.41, 5.74) is 9.34. The molecule has 4 N–H and O–H groups in total. The second kappa shape index (κ2) is 9.43. The van der Waals surface area contributed by atoms with Gasteiger partial charge in [0, 0.05) is 25.3 Å². The highest BCUT2D eigenvalue weighted by atomic mass is 32.1. The van der Waals surface area contributed by atoms with Crippen molar-refractivity contribution < 1.29 is 4.79 Å². The quantitative estimate of drug-likeness (QED) is 0.327. The molecule has 0 aromatic carbocycles. The summed E-state index contributed by atoms with van der Waals surface area (Å²) in [5, 5.41) is 12.7. The minimum Gasteiger partial charge on any atom is -0.365 e. The fraction of sp³-hybridized carbons (Fsp3) is 0.417. The number of nitrogens with two attached hydrogens (primary N) is 1. The number of aryl methyl sites for hydroxylation is 1. The summed E-state index contributed by atoms with van der Waals surface area (Å²) in [6, 6.07) is 0. The molecule has 4 aromatic rings. The molecule has 0 radical (unpaired) electrons. The predicted molar refractivity (Wildman–Crippen MR) is 141 cm³/mol. The lowest BCUT2D eigenvalue weighted by Crippen LogP contribution is -2.39. The molecule has 5 heterocycles. The summed E-state index contributed by atoms with van der Waals surface area (Å²) in [7, 11) is 1.83. The Morgan fingerprint density at radius 3 is 2.69 bits per heavy atom. The van der Waals surface area contributed by atoms with Crippen LogP contribution in [-0.4, -0.2) is 59.2 Å². The highest BCUT2D eigenvalue weighted by Crippen LogP contribution is 2.37. The van der Waals surface area contributed by atoms with Gasteiger partial charge in [-0.3, -0.25) is 9.69 Å². The van der Waals surface area contributed by atoms with Crippen molar-refractivity contribution in [2.45, 2.75) is 45.6 Å². The molecule has 12 heteroatoms. The summed E-state index contributed by atoms with van der Waals surface area (Å²) in [4.78, 5) is 32.4. The van der Waals surface area contributed by atoms with E-state index in [0.717, 1.165) is 41.0 Å². The number of amides is 1. The first-order chi connectivity index (χ1) is 17.2. The number of carbonyl (C=O) groups excluding carboxylic acids is 1. The van der Waals surface area contributed by atoms with Gasteiger partial charge < -0.3 is 16.4 Å². The highest BCUT2D eigenvalue weighted by Gasteiger charge is 2.32. The van der Waals surface area contributed by atoms with Gasteiger partial charge in [0.2, 0.25) is 5.95 Å². The predicted octanol–water partition coefficient (Wildman–Crippen LogP) is 3.53. The van der Waals surface area contributed by atoms with Crippen LogP contribution in [0.4, 0.5) is 22.5 Å². The molecule has 1 aliphatic rings. The van der Waals surface area contributed by atoms with Crippen LogP contribution >= 0.6 is 11.3 Å². The fourth-order valence-corrected chi connectivity index (χ4v) is 5.89. The number of anilines is 4. The van der Waals surface area contributed by atoms with Crippen molar-refractivity contribution in [2.24, 2.45) is 12.8 Å². The first kappa shape index (κ1) is 24.1. The third-order valence-corrected chi connectivity index (χ3v) is 8.09. The number of rotatable bonds is 8. The molecule has 36 heavy (non-hydrogen) atoms. The maximum atomic E-state index is 12.3. The zero-order valence-corrected chi connectivity index (χ0v) is 21.7. The standard InChI is InChI=1S/C24H30N10OS/c1-14-16(6-9-34-8-5-7-24(34,2)3)18(19(25)35)36-22(14)30-20-17-12-28-23(31-21(17)33(4)32-20)29-15-10-26-13-27-11-15/h10-13H,5-9H2,1-4H3,(H2,25,35)(H,30,32)(H,28,29,31). The number of primary amides is 1. The molecule has 0 unspecified atom stereocenters. The first-order valence-electron chi connectivity index (χ1n) is 11.9. The Bertz CT molecular complexity index is 1410. The number of carbonyl (C=O) groups is 1. The average Bonchev–Trinajstić information content (AvgIpc) is 3.46. The van der Waals surface area contributed by atoms with Crippen LogP contribution in [-0.2, 0) is 13.5 Å². The van der Waals surface area contributed by atoms with E-state index in [-0.39, 0.29) is 5.54 Å². The van der Waals surface area contributed by atoms with Gasteiger partial charge in [-0.15, -0.1) is 11.3 Å². The van der Waals surface area contributed by atoms with Crippen LogP contribution in [0.5, 0.6) is 0 Å². The third kappa shape index (κ3) is 4.61. The topological polar surface area (TPSA) is 140 Å². The molecule has 0 saturated carbocycles. The van der Waals surface area contributed by atoms with Gasteiger partial charge in [0.1, 0.15) is 6.33 Å². The van der Waals surface area contributed by atoms with Gasteiger partial charge in [-0.1, -0.05) is 0 Å². The van der Waals surface area contributed by atoms with Crippen molar-refractivity contribution in [1.82, 2.24) is 34.6 Å². The monoisotopic (exact) mass is 506 g/mol. The van der Waals surface area contributed by atoms with Crippen molar-refractivity contribution in [1.29, 1.82) is 0 Å². The molecule has 1 saturated heterocycles. The molecule has 188 valence electrons. The van der Waals surface area contributed by atoms with Gasteiger partial charge in [0.25, 0.3) is 5.91 Å². The van der Waals surface area contributed by atoms with Crippen LogP contribution in [0.3, 0.4) is 0 Å². The molecule has 1 amide bonds. The summed E-state index contributed by atoms with van der Waals surface area (Å²) < 4.78 is 1.69. The van der Waals surface area contributed by atoms with E-state index in [4.69, 9.17) is 5.73 Å². The van der Waals surface area contributed by atoms with E-state index in [2.05, 4.69) is 54.4 Å². The molecule has 1 fully saturated rings. The molecular weight excluding hydrogens is 476 g/mol. The Morgan fingerprint density at radius 1 is 1.22 bits per heavy atom. The van der Waals surface area contributed by atoms with Gasteiger partial charge in [0.05, 0.1) is 33.3 Å². The normalized spacial score (nSPS) is 15.4. The zero-order valence-electron chi connectivity index (χ0n) is 20.9. The maximum Gasteiger partial charge on any atom is 0.259 e. The molecule has 5 rings (SSSR count). The number of hydrogen-bond donors (Lipinski definition) is 3. The number of nitrogens with zero attached hydrogens (tertiary/aromatic N) is 7. The Balaban J connectivity index is 1.40. The molecule has 0 spiro atoms. The largest absolute Gasteiger partial charge is 0.365 e. The number of fused-ring (bicyclic) bond motifs is 1. The van der Waals surface area contributed by atoms with Crippen molar-refractivity contribution in [3.8, 4) is 0 Å². The zero-order chi connectivity index (χ0) is 25.4. The lowest BCUT2D eigenvalue weighted by atomic mass is 10.0. The lowest BCUT2D eigenvalue weighted by Gasteiger charge is -2.31. The number of nitrogens with one attached hydrogen (secondary N) is 2. The second-order valence-corrected chi connectivity index (χ2v) is 10.7. The molecule has 1 aliphatic heterocycles. The Kier molecular flexibility index (Phi) is 6.31. The minimum absolute atomic E-state index is 0.187. The lowest BCUT2D eigenvalue weighted by molar-refractivity contribution is 0.100. The summed E-state index contributed by atoms with van der Waals surface area (Å²) in [5.74, 6) is 0.638. The number of hydrogen-bond acceptors (Lipinski definition) is 10. The average molecular weight is 507 g/mol. The van der Waals surface area contributed by atoms with Crippen LogP contribution in [0.15, 0.2) is 24.9 Å². The van der Waals surface area contributed by atoms with Crippen molar-refractivity contribution in [2.75, 3.05) is 23.7 Å². The molecule has 11 nitrogen and oxygen atoms in total. The molecular formula is C24H30N10OS. The van der Waals surface area contributed by atoms with Gasteiger partial charge in [0.15, 0.2) is 11.5 Å². The van der Waals surface area contributed by atoms with Gasteiger partial charge in [-0.25, -0.2) is 19.6 Å². The van der Waals surface area contributed by atoms with Gasteiger partial charge in [-0.05, 0) is 57.7 Å². The van der Waals surface area contributed by atoms with Crippen LogP contribution in [0.2, 0.25) is 0 Å². The van der Waals surface area contributed by atoms with Crippen molar-refractivity contribution >= 4 is 50.7 Å². The van der Waals surface area contributed by atoms with E-state index < -0.39 is 5.91 Å². The number of aromatic nitrogens is 6. The molecule has 0 atom stereocenters. The van der Waals surface area contributed by atoms with Gasteiger partial charge >= 0.3 is 0 Å². The van der Waals surface area contributed by atoms with Crippen molar-refractivity contribution in [3.05, 3.63) is 40.9 Å².